The Kier molecular flexibility index (Phi) is 4.92. The summed E-state index contributed by atoms with van der Waals surface area (Å²) in [6.07, 6.45) is -0.753. The third kappa shape index (κ3) is 3.30. The van der Waals surface area contributed by atoms with Gasteiger partial charge in [-0.2, -0.15) is 0 Å². The van der Waals surface area contributed by atoms with E-state index in [1.807, 2.05) is 0 Å². The predicted molar refractivity (Wildman–Crippen MR) is 86.4 cm³/mol. The van der Waals surface area contributed by atoms with E-state index >= 15 is 0 Å². The van der Waals surface area contributed by atoms with Crippen LogP contribution < -0.4 is 0 Å². The first-order valence-corrected chi connectivity index (χ1v) is 8.63. The summed E-state index contributed by atoms with van der Waals surface area (Å²) in [6.45, 7) is 8.28. The quantitative estimate of drug-likeness (QED) is 0.613. The van der Waals surface area contributed by atoms with Gasteiger partial charge in [0.25, 0.3) is 0 Å². The molecule has 3 atom stereocenters. The van der Waals surface area contributed by atoms with Crippen molar-refractivity contribution in [2.24, 2.45) is 11.3 Å². The van der Waals surface area contributed by atoms with Crippen LogP contribution in [0.5, 0.6) is 0 Å². The maximum Gasteiger partial charge on any atom is 0.302 e. The van der Waals surface area contributed by atoms with E-state index in [1.54, 1.807) is 27.7 Å². The normalized spacial score (nSPS) is 25.7. The number of rotatable bonds is 4. The van der Waals surface area contributed by atoms with E-state index in [2.05, 4.69) is 0 Å². The van der Waals surface area contributed by atoms with Gasteiger partial charge in [0.1, 0.15) is 6.61 Å². The molecule has 0 aromatic heterocycles. The number of amides is 1. The highest BCUT2D eigenvalue weighted by Gasteiger charge is 2.55. The van der Waals surface area contributed by atoms with Gasteiger partial charge >= 0.3 is 5.97 Å². The second-order valence-electron chi connectivity index (χ2n) is 6.99. The molecule has 0 aromatic rings. The number of carbonyl (C=O) groups excluding carboxylic acids is 3. The van der Waals surface area contributed by atoms with Crippen molar-refractivity contribution < 1.29 is 24.2 Å². The van der Waals surface area contributed by atoms with Crippen LogP contribution in [0, 0.1) is 11.3 Å². The van der Waals surface area contributed by atoms with Crippen molar-refractivity contribution >= 4 is 29.4 Å². The van der Waals surface area contributed by atoms with Gasteiger partial charge in [0, 0.05) is 23.7 Å². The van der Waals surface area contributed by atoms with Gasteiger partial charge in [-0.15, -0.1) is 11.8 Å². The van der Waals surface area contributed by atoms with E-state index in [0.717, 1.165) is 0 Å². The number of hydrogen-bond donors (Lipinski definition) is 1. The number of nitrogens with zero attached hydrogens (tertiary/aromatic N) is 1. The van der Waals surface area contributed by atoms with Crippen molar-refractivity contribution in [3.05, 3.63) is 11.3 Å². The number of ketones is 1. The molecule has 0 saturated carbocycles. The van der Waals surface area contributed by atoms with Crippen molar-refractivity contribution in [3.8, 4) is 0 Å². The Bertz CT molecular complexity index is 576. The van der Waals surface area contributed by atoms with Crippen LogP contribution in [0.25, 0.3) is 0 Å². The van der Waals surface area contributed by atoms with Crippen molar-refractivity contribution in [2.75, 3.05) is 12.4 Å². The highest BCUT2D eigenvalue weighted by Crippen LogP contribution is 2.46. The molecule has 0 aromatic carbocycles. The molecule has 2 aliphatic rings. The van der Waals surface area contributed by atoms with Gasteiger partial charge in [-0.3, -0.25) is 19.3 Å². The zero-order valence-electron chi connectivity index (χ0n) is 14.1. The molecule has 2 aliphatic heterocycles. The summed E-state index contributed by atoms with van der Waals surface area (Å²) in [7, 11) is 0. The Hall–Kier alpha value is -1.34. The predicted octanol–water partition coefficient (Wildman–Crippen LogP) is 1.33. The monoisotopic (exact) mass is 341 g/mol. The minimum atomic E-state index is -0.753. The maximum absolute atomic E-state index is 12.8. The molecule has 1 N–H and O–H groups in total. The molecule has 2 rings (SSSR count). The molecule has 1 unspecified atom stereocenters. The maximum atomic E-state index is 12.8. The van der Waals surface area contributed by atoms with Gasteiger partial charge < -0.3 is 9.84 Å². The minimum absolute atomic E-state index is 0.00926. The van der Waals surface area contributed by atoms with Crippen LogP contribution in [-0.2, 0) is 19.1 Å². The number of thioether (sulfide) groups is 1. The highest BCUT2D eigenvalue weighted by molar-refractivity contribution is 8.00. The Morgan fingerprint density at radius 1 is 1.43 bits per heavy atom. The molecule has 0 radical (unpaired) electrons. The second-order valence-corrected chi connectivity index (χ2v) is 8.09. The average Bonchev–Trinajstić information content (AvgIpc) is 2.41. The van der Waals surface area contributed by atoms with Gasteiger partial charge in [-0.05, 0) is 6.92 Å². The molecule has 7 heteroatoms. The lowest BCUT2D eigenvalue weighted by atomic mass is 9.83. The van der Waals surface area contributed by atoms with E-state index in [1.165, 1.54) is 23.6 Å². The van der Waals surface area contributed by atoms with Crippen molar-refractivity contribution in [1.29, 1.82) is 0 Å². The second kappa shape index (κ2) is 6.28. The molecule has 0 aliphatic carbocycles. The minimum Gasteiger partial charge on any atom is -0.461 e. The number of esters is 1. The molecule has 1 amide bonds. The van der Waals surface area contributed by atoms with Crippen LogP contribution in [0.1, 0.15) is 34.6 Å². The number of hydrogen-bond acceptors (Lipinski definition) is 6. The zero-order chi connectivity index (χ0) is 17.5. The Morgan fingerprint density at radius 2 is 2.04 bits per heavy atom. The Morgan fingerprint density at radius 3 is 2.52 bits per heavy atom. The van der Waals surface area contributed by atoms with Crippen molar-refractivity contribution in [2.45, 2.75) is 46.1 Å². The van der Waals surface area contributed by atoms with Crippen LogP contribution in [0.2, 0.25) is 0 Å². The molecule has 0 spiro atoms. The van der Waals surface area contributed by atoms with Crippen molar-refractivity contribution in [3.63, 3.8) is 0 Å². The lowest BCUT2D eigenvalue weighted by Crippen LogP contribution is -2.65. The SMILES string of the molecule is CC(=O)OCC1=C(C(=O)C(C)(C)C)N2C(=O)[C@H](C(C)O)[C@@H]2SC1. The Labute approximate surface area is 140 Å². The summed E-state index contributed by atoms with van der Waals surface area (Å²) in [5.41, 5.74) is 0.336. The Balaban J connectivity index is 2.38. The first-order chi connectivity index (χ1) is 10.6. The summed E-state index contributed by atoms with van der Waals surface area (Å²) < 4.78 is 5.04. The average molecular weight is 341 g/mol. The number of fused-ring (bicyclic) bond motifs is 1. The van der Waals surface area contributed by atoms with Crippen LogP contribution >= 0.6 is 11.8 Å². The van der Waals surface area contributed by atoms with E-state index in [0.29, 0.717) is 17.0 Å². The van der Waals surface area contributed by atoms with Crippen molar-refractivity contribution in [1.82, 2.24) is 4.90 Å². The summed E-state index contributed by atoms with van der Waals surface area (Å²) in [6, 6.07) is 0. The molecule has 1 fully saturated rings. The summed E-state index contributed by atoms with van der Waals surface area (Å²) in [4.78, 5) is 37.8. The third-order valence-electron chi connectivity index (χ3n) is 3.95. The number of β-lactam (4-membered cyclic amide) rings is 1. The molecule has 128 valence electrons. The topological polar surface area (TPSA) is 83.9 Å². The number of ether oxygens (including phenoxy) is 1. The standard InChI is InChI=1S/C16H23NO5S/c1-8(18)11-14(21)17-12(13(20)16(3,4)5)10(6-22-9(2)19)7-23-15(11)17/h8,11,15,18H,6-7H2,1-5H3/t8?,11-,15-/m0/s1. The number of aliphatic hydroxyl groups excluding tert-OH is 1. The van der Waals surface area contributed by atoms with Crippen LogP contribution in [0.4, 0.5) is 0 Å². The fourth-order valence-electron chi connectivity index (χ4n) is 2.70. The summed E-state index contributed by atoms with van der Waals surface area (Å²) in [5, 5.41) is 9.55. The van der Waals surface area contributed by atoms with Gasteiger partial charge in [-0.1, -0.05) is 20.8 Å². The highest BCUT2D eigenvalue weighted by atomic mass is 32.2. The van der Waals surface area contributed by atoms with E-state index in [4.69, 9.17) is 4.74 Å². The first kappa shape index (κ1) is 18.0. The molecular weight excluding hydrogens is 318 g/mol. The third-order valence-corrected chi connectivity index (χ3v) is 5.31. The van der Waals surface area contributed by atoms with E-state index in [9.17, 15) is 19.5 Å². The lowest BCUT2D eigenvalue weighted by molar-refractivity contribution is -0.155. The molecule has 6 nitrogen and oxygen atoms in total. The molecule has 0 bridgehead atoms. The molecule has 2 heterocycles. The molecule has 1 saturated heterocycles. The number of allylic oxidation sites excluding steroid dienone is 1. The fourth-order valence-corrected chi connectivity index (χ4v) is 4.20. The summed E-state index contributed by atoms with van der Waals surface area (Å²) >= 11 is 1.49. The number of aliphatic hydroxyl groups is 1. The number of Topliss-reactive ketones (excluding diaryl/α,β-unsaturated/α-hetero) is 1. The smallest absolute Gasteiger partial charge is 0.302 e. The van der Waals surface area contributed by atoms with Crippen LogP contribution in [-0.4, -0.2) is 51.5 Å². The zero-order valence-corrected chi connectivity index (χ0v) is 14.9. The largest absolute Gasteiger partial charge is 0.461 e. The molecular formula is C16H23NO5S. The number of carbonyl (C=O) groups is 3. The van der Waals surface area contributed by atoms with Gasteiger partial charge in [-0.25, -0.2) is 0 Å². The molecule has 23 heavy (non-hydrogen) atoms. The lowest BCUT2D eigenvalue weighted by Gasteiger charge is -2.51. The van der Waals surface area contributed by atoms with Crippen LogP contribution in [0.15, 0.2) is 11.3 Å². The fraction of sp³-hybridized carbons (Fsp3) is 0.688. The van der Waals surface area contributed by atoms with Gasteiger partial charge in [0.05, 0.1) is 23.1 Å². The van der Waals surface area contributed by atoms with Crippen LogP contribution in [0.3, 0.4) is 0 Å². The first-order valence-electron chi connectivity index (χ1n) is 7.58. The summed E-state index contributed by atoms with van der Waals surface area (Å²) in [5.74, 6) is -0.809. The van der Waals surface area contributed by atoms with Gasteiger partial charge in [0.2, 0.25) is 5.91 Å². The van der Waals surface area contributed by atoms with E-state index < -0.39 is 23.4 Å². The van der Waals surface area contributed by atoms with Gasteiger partial charge in [0.15, 0.2) is 5.78 Å². The van der Waals surface area contributed by atoms with E-state index in [-0.39, 0.29) is 23.7 Å².